The highest BCUT2D eigenvalue weighted by molar-refractivity contribution is 5.93. The molecule has 0 atom stereocenters. The third-order valence-electron chi connectivity index (χ3n) is 3.11. The molecular weight excluding hydrogens is 202 g/mol. The number of hydrogen-bond acceptors (Lipinski definition) is 4. The maximum atomic E-state index is 7.35. The second kappa shape index (κ2) is 4.47. The summed E-state index contributed by atoms with van der Waals surface area (Å²) in [6, 6.07) is 2.19. The lowest BCUT2D eigenvalue weighted by atomic mass is 10.2. The van der Waals surface area contributed by atoms with Gasteiger partial charge in [-0.15, -0.1) is 0 Å². The van der Waals surface area contributed by atoms with Gasteiger partial charge in [-0.05, 0) is 18.9 Å². The van der Waals surface area contributed by atoms with Crippen LogP contribution in [0, 0.1) is 5.41 Å². The van der Waals surface area contributed by atoms with Crippen molar-refractivity contribution in [3.63, 3.8) is 0 Å². The Morgan fingerprint density at radius 2 is 2.19 bits per heavy atom. The first kappa shape index (κ1) is 10.9. The lowest BCUT2D eigenvalue weighted by Gasteiger charge is -2.24. The van der Waals surface area contributed by atoms with Gasteiger partial charge in [0.05, 0.1) is 0 Å². The minimum Gasteiger partial charge on any atom is -0.382 e. The number of aromatic nitrogens is 2. The molecule has 0 aliphatic heterocycles. The smallest absolute Gasteiger partial charge is 0.225 e. The van der Waals surface area contributed by atoms with Gasteiger partial charge in [-0.3, -0.25) is 5.41 Å². The molecular formula is C11H17N5. The van der Waals surface area contributed by atoms with Crippen LogP contribution in [0.4, 0.5) is 5.95 Å². The van der Waals surface area contributed by atoms with Crippen molar-refractivity contribution in [1.82, 2.24) is 9.97 Å². The van der Waals surface area contributed by atoms with E-state index in [2.05, 4.69) is 14.9 Å². The molecule has 0 amide bonds. The first-order chi connectivity index (χ1) is 7.68. The topological polar surface area (TPSA) is 78.9 Å². The summed E-state index contributed by atoms with van der Waals surface area (Å²) >= 11 is 0. The first-order valence-electron chi connectivity index (χ1n) is 5.59. The van der Waals surface area contributed by atoms with Crippen LogP contribution in [-0.2, 0) is 0 Å². The highest BCUT2D eigenvalue weighted by Crippen LogP contribution is 2.24. The molecule has 0 spiro atoms. The zero-order valence-electron chi connectivity index (χ0n) is 9.48. The van der Waals surface area contributed by atoms with E-state index in [1.54, 1.807) is 12.3 Å². The lowest BCUT2D eigenvalue weighted by Crippen LogP contribution is -2.31. The van der Waals surface area contributed by atoms with Gasteiger partial charge in [0.1, 0.15) is 11.5 Å². The average molecular weight is 219 g/mol. The minimum atomic E-state index is -0.0107. The molecule has 0 radical (unpaired) electrons. The molecule has 5 nitrogen and oxygen atoms in total. The number of anilines is 1. The number of nitrogen functional groups attached to an aromatic ring is 1. The average Bonchev–Trinajstić information content (AvgIpc) is 2.81. The Morgan fingerprint density at radius 3 is 2.81 bits per heavy atom. The molecule has 1 fully saturated rings. The Bertz CT molecular complexity index is 384. The van der Waals surface area contributed by atoms with Crippen molar-refractivity contribution in [2.24, 2.45) is 5.73 Å². The van der Waals surface area contributed by atoms with Gasteiger partial charge in [0.15, 0.2) is 0 Å². The number of nitrogens with one attached hydrogen (secondary N) is 1. The van der Waals surface area contributed by atoms with E-state index in [-0.39, 0.29) is 5.84 Å². The van der Waals surface area contributed by atoms with Gasteiger partial charge in [-0.1, -0.05) is 12.8 Å². The summed E-state index contributed by atoms with van der Waals surface area (Å²) in [4.78, 5) is 10.6. The largest absolute Gasteiger partial charge is 0.382 e. The number of hydrogen-bond donors (Lipinski definition) is 2. The normalized spacial score (nSPS) is 16.3. The van der Waals surface area contributed by atoms with E-state index < -0.39 is 0 Å². The van der Waals surface area contributed by atoms with E-state index >= 15 is 0 Å². The van der Waals surface area contributed by atoms with Crippen LogP contribution in [0.25, 0.3) is 0 Å². The van der Waals surface area contributed by atoms with Gasteiger partial charge >= 0.3 is 0 Å². The number of nitrogens with two attached hydrogens (primary N) is 1. The Balaban J connectivity index is 2.18. The summed E-state index contributed by atoms with van der Waals surface area (Å²) in [7, 11) is 2.01. The van der Waals surface area contributed by atoms with Crippen molar-refractivity contribution < 1.29 is 0 Å². The predicted octanol–water partition coefficient (Wildman–Crippen LogP) is 1.14. The minimum absolute atomic E-state index is 0.0107. The highest BCUT2D eigenvalue weighted by atomic mass is 15.3. The number of amidine groups is 1. The van der Waals surface area contributed by atoms with Gasteiger partial charge in [-0.2, -0.15) is 0 Å². The van der Waals surface area contributed by atoms with Crippen LogP contribution < -0.4 is 10.6 Å². The summed E-state index contributed by atoms with van der Waals surface area (Å²) in [5, 5.41) is 7.35. The first-order valence-corrected chi connectivity index (χ1v) is 5.59. The Kier molecular flexibility index (Phi) is 3.03. The maximum Gasteiger partial charge on any atom is 0.225 e. The molecule has 0 unspecified atom stereocenters. The van der Waals surface area contributed by atoms with E-state index in [4.69, 9.17) is 11.1 Å². The van der Waals surface area contributed by atoms with Crippen molar-refractivity contribution in [2.75, 3.05) is 11.9 Å². The van der Waals surface area contributed by atoms with Crippen LogP contribution in [0.2, 0.25) is 0 Å². The zero-order valence-corrected chi connectivity index (χ0v) is 9.48. The molecule has 86 valence electrons. The Labute approximate surface area is 95.2 Å². The summed E-state index contributed by atoms with van der Waals surface area (Å²) in [5.74, 6) is 0.656. The van der Waals surface area contributed by atoms with Crippen LogP contribution in [0.15, 0.2) is 12.3 Å². The molecule has 16 heavy (non-hydrogen) atoms. The third-order valence-corrected chi connectivity index (χ3v) is 3.11. The van der Waals surface area contributed by atoms with E-state index in [0.717, 1.165) is 0 Å². The summed E-state index contributed by atoms with van der Waals surface area (Å²) in [6.07, 6.45) is 6.61. The second-order valence-corrected chi connectivity index (χ2v) is 4.20. The molecule has 0 aromatic carbocycles. The van der Waals surface area contributed by atoms with Crippen molar-refractivity contribution >= 4 is 11.8 Å². The fourth-order valence-corrected chi connectivity index (χ4v) is 2.12. The van der Waals surface area contributed by atoms with Crippen LogP contribution in [-0.4, -0.2) is 28.9 Å². The van der Waals surface area contributed by atoms with Gasteiger partial charge in [-0.25, -0.2) is 9.97 Å². The van der Waals surface area contributed by atoms with Crippen LogP contribution in [0.3, 0.4) is 0 Å². The summed E-state index contributed by atoms with van der Waals surface area (Å²) in [5.41, 5.74) is 5.91. The maximum absolute atomic E-state index is 7.35. The van der Waals surface area contributed by atoms with Crippen molar-refractivity contribution in [3.05, 3.63) is 18.0 Å². The van der Waals surface area contributed by atoms with Crippen molar-refractivity contribution in [2.45, 2.75) is 31.7 Å². The number of rotatable bonds is 3. The molecule has 3 N–H and O–H groups in total. The summed E-state index contributed by atoms with van der Waals surface area (Å²) < 4.78 is 0. The van der Waals surface area contributed by atoms with Gasteiger partial charge < -0.3 is 10.6 Å². The second-order valence-electron chi connectivity index (χ2n) is 4.20. The Morgan fingerprint density at radius 1 is 1.50 bits per heavy atom. The predicted molar refractivity (Wildman–Crippen MR) is 63.7 cm³/mol. The quantitative estimate of drug-likeness (QED) is 0.590. The fourth-order valence-electron chi connectivity index (χ4n) is 2.12. The third kappa shape index (κ3) is 2.13. The molecule has 1 aliphatic rings. The van der Waals surface area contributed by atoms with Gasteiger partial charge in [0, 0.05) is 19.3 Å². The van der Waals surface area contributed by atoms with Gasteiger partial charge in [0.2, 0.25) is 5.95 Å². The molecule has 1 saturated carbocycles. The highest BCUT2D eigenvalue weighted by Gasteiger charge is 2.21. The van der Waals surface area contributed by atoms with Crippen molar-refractivity contribution in [3.8, 4) is 0 Å². The number of nitrogens with zero attached hydrogens (tertiary/aromatic N) is 3. The standard InChI is InChI=1S/C11H17N5/c1-16(8-4-2-3-5-8)11-14-7-6-9(15-11)10(12)13/h6-8H,2-5H2,1H3,(H3,12,13). The van der Waals surface area contributed by atoms with Crippen molar-refractivity contribution in [1.29, 1.82) is 5.41 Å². The molecule has 5 heteroatoms. The van der Waals surface area contributed by atoms with E-state index in [1.165, 1.54) is 25.7 Å². The molecule has 0 saturated heterocycles. The molecule has 1 aliphatic carbocycles. The van der Waals surface area contributed by atoms with Crippen LogP contribution in [0.1, 0.15) is 31.4 Å². The molecule has 1 heterocycles. The molecule has 0 bridgehead atoms. The van der Waals surface area contributed by atoms with E-state index in [1.807, 2.05) is 7.05 Å². The Hall–Kier alpha value is -1.65. The fraction of sp³-hybridized carbons (Fsp3) is 0.545. The van der Waals surface area contributed by atoms with Gasteiger partial charge in [0.25, 0.3) is 0 Å². The van der Waals surface area contributed by atoms with Crippen LogP contribution >= 0.6 is 0 Å². The summed E-state index contributed by atoms with van der Waals surface area (Å²) in [6.45, 7) is 0. The van der Waals surface area contributed by atoms with E-state index in [0.29, 0.717) is 17.7 Å². The SMILES string of the molecule is CN(c1nccc(C(=N)N)n1)C1CCCC1. The lowest BCUT2D eigenvalue weighted by molar-refractivity contribution is 0.638. The van der Waals surface area contributed by atoms with E-state index in [9.17, 15) is 0 Å². The molecule has 1 aromatic rings. The molecule has 1 aromatic heterocycles. The van der Waals surface area contributed by atoms with Crippen LogP contribution in [0.5, 0.6) is 0 Å². The molecule has 2 rings (SSSR count). The monoisotopic (exact) mass is 219 g/mol. The zero-order chi connectivity index (χ0) is 11.5.